The smallest absolute Gasteiger partial charge is 0.303 e. The molecule has 120 valence electrons. The summed E-state index contributed by atoms with van der Waals surface area (Å²) in [4.78, 5) is 22.7. The number of aliphatic carboxylic acids is 1. The fourth-order valence-electron chi connectivity index (χ4n) is 2.94. The van der Waals surface area contributed by atoms with Crippen LogP contribution in [0.25, 0.3) is 0 Å². The van der Waals surface area contributed by atoms with E-state index in [1.807, 2.05) is 6.07 Å². The zero-order valence-electron chi connectivity index (χ0n) is 12.6. The first-order valence-electron chi connectivity index (χ1n) is 7.86. The van der Waals surface area contributed by atoms with Gasteiger partial charge in [-0.15, -0.1) is 0 Å². The monoisotopic (exact) mass is 305 g/mol. The minimum absolute atomic E-state index is 0.0453. The lowest BCUT2D eigenvalue weighted by Crippen LogP contribution is -2.35. The van der Waals surface area contributed by atoms with E-state index in [4.69, 9.17) is 5.11 Å². The minimum Gasteiger partial charge on any atom is -0.481 e. The topological polar surface area (TPSA) is 86.6 Å². The van der Waals surface area contributed by atoms with Gasteiger partial charge in [-0.3, -0.25) is 9.59 Å². The number of benzene rings is 1. The summed E-state index contributed by atoms with van der Waals surface area (Å²) in [5, 5.41) is 21.6. The van der Waals surface area contributed by atoms with Gasteiger partial charge in [-0.25, -0.2) is 0 Å². The van der Waals surface area contributed by atoms with Crippen LogP contribution in [0.3, 0.4) is 0 Å². The van der Waals surface area contributed by atoms with Gasteiger partial charge in [-0.05, 0) is 42.9 Å². The molecule has 1 aromatic rings. The Hall–Kier alpha value is -1.88. The van der Waals surface area contributed by atoms with Gasteiger partial charge in [0, 0.05) is 12.1 Å². The average molecular weight is 305 g/mol. The molecule has 1 fully saturated rings. The number of aliphatic hydroxyl groups is 1. The van der Waals surface area contributed by atoms with E-state index in [9.17, 15) is 14.7 Å². The van der Waals surface area contributed by atoms with Crippen LogP contribution in [0, 0.1) is 5.92 Å². The minimum atomic E-state index is -0.969. The van der Waals surface area contributed by atoms with Gasteiger partial charge in [0.1, 0.15) is 6.10 Å². The molecule has 22 heavy (non-hydrogen) atoms. The van der Waals surface area contributed by atoms with Crippen molar-refractivity contribution < 1.29 is 19.8 Å². The zero-order valence-corrected chi connectivity index (χ0v) is 12.6. The molecule has 5 heteroatoms. The van der Waals surface area contributed by atoms with Crippen LogP contribution >= 0.6 is 0 Å². The second-order valence-corrected chi connectivity index (χ2v) is 5.93. The molecule has 0 aromatic heterocycles. The van der Waals surface area contributed by atoms with Crippen molar-refractivity contribution >= 4 is 17.6 Å². The lowest BCUT2D eigenvalue weighted by Gasteiger charge is -2.25. The summed E-state index contributed by atoms with van der Waals surface area (Å²) < 4.78 is 0. The largest absolute Gasteiger partial charge is 0.481 e. The van der Waals surface area contributed by atoms with Crippen molar-refractivity contribution in [2.45, 2.75) is 51.0 Å². The summed E-state index contributed by atoms with van der Waals surface area (Å²) in [5.74, 6) is -1.17. The number of aliphatic hydroxyl groups excluding tert-OH is 1. The van der Waals surface area contributed by atoms with Gasteiger partial charge in [0.05, 0.1) is 0 Å². The molecule has 0 bridgehead atoms. The third-order valence-electron chi connectivity index (χ3n) is 4.19. The van der Waals surface area contributed by atoms with Crippen molar-refractivity contribution in [3.05, 3.63) is 29.8 Å². The molecule has 1 aliphatic rings. The number of carbonyl (C=O) groups excluding carboxylic acids is 1. The predicted octanol–water partition coefficient (Wildman–Crippen LogP) is 2.58. The van der Waals surface area contributed by atoms with Gasteiger partial charge < -0.3 is 15.5 Å². The lowest BCUT2D eigenvalue weighted by atomic mass is 9.85. The molecule has 0 aliphatic heterocycles. The molecule has 1 aromatic carbocycles. The van der Waals surface area contributed by atoms with Crippen LogP contribution in [0.2, 0.25) is 0 Å². The summed E-state index contributed by atoms with van der Waals surface area (Å²) in [7, 11) is 0. The zero-order chi connectivity index (χ0) is 15.9. The molecule has 1 atom stereocenters. The van der Waals surface area contributed by atoms with Gasteiger partial charge >= 0.3 is 5.97 Å². The third-order valence-corrected chi connectivity index (χ3v) is 4.19. The summed E-state index contributed by atoms with van der Waals surface area (Å²) in [6.45, 7) is 0. The maximum atomic E-state index is 12.1. The molecule has 1 aliphatic carbocycles. The van der Waals surface area contributed by atoms with Crippen LogP contribution in [0.4, 0.5) is 5.69 Å². The summed E-state index contributed by atoms with van der Waals surface area (Å²) in [6.07, 6.45) is 4.62. The molecular weight excluding hydrogens is 282 g/mol. The Bertz CT molecular complexity index is 523. The lowest BCUT2D eigenvalue weighted by molar-refractivity contribution is -0.137. The fraction of sp³-hybridized carbons (Fsp3) is 0.529. The van der Waals surface area contributed by atoms with Crippen molar-refractivity contribution in [1.29, 1.82) is 0 Å². The highest BCUT2D eigenvalue weighted by Gasteiger charge is 2.27. The number of nitrogens with one attached hydrogen (secondary N) is 1. The highest BCUT2D eigenvalue weighted by molar-refractivity contribution is 5.94. The average Bonchev–Trinajstić information content (AvgIpc) is 2.53. The number of aryl methyl sites for hydroxylation is 1. The second kappa shape index (κ2) is 7.94. The molecule has 1 amide bonds. The normalized spacial score (nSPS) is 17.0. The molecule has 1 unspecified atom stereocenters. The molecule has 0 spiro atoms. The number of amides is 1. The van der Waals surface area contributed by atoms with Crippen LogP contribution in [0.1, 0.15) is 44.1 Å². The Morgan fingerprint density at radius 3 is 2.64 bits per heavy atom. The fourth-order valence-corrected chi connectivity index (χ4v) is 2.94. The van der Waals surface area contributed by atoms with Crippen LogP contribution in [-0.2, 0) is 16.0 Å². The maximum absolute atomic E-state index is 12.1. The van der Waals surface area contributed by atoms with E-state index in [2.05, 4.69) is 5.32 Å². The molecule has 0 saturated heterocycles. The molecule has 0 heterocycles. The quantitative estimate of drug-likeness (QED) is 0.754. The Kier molecular flexibility index (Phi) is 5.95. The first kappa shape index (κ1) is 16.5. The van der Waals surface area contributed by atoms with E-state index in [1.165, 1.54) is 6.42 Å². The highest BCUT2D eigenvalue weighted by atomic mass is 16.4. The molecule has 2 rings (SSSR count). The van der Waals surface area contributed by atoms with E-state index in [1.54, 1.807) is 18.2 Å². The Morgan fingerprint density at radius 1 is 1.23 bits per heavy atom. The Balaban J connectivity index is 1.92. The maximum Gasteiger partial charge on any atom is 0.303 e. The van der Waals surface area contributed by atoms with Crippen molar-refractivity contribution in [1.82, 2.24) is 0 Å². The number of carbonyl (C=O) groups is 2. The molecule has 1 saturated carbocycles. The van der Waals surface area contributed by atoms with Crippen LogP contribution in [0.15, 0.2) is 24.3 Å². The van der Waals surface area contributed by atoms with E-state index < -0.39 is 12.1 Å². The first-order chi connectivity index (χ1) is 10.6. The molecule has 5 nitrogen and oxygen atoms in total. The number of carboxylic acid groups (broad SMARTS) is 1. The summed E-state index contributed by atoms with van der Waals surface area (Å²) >= 11 is 0. The number of carboxylic acids is 1. The van der Waals surface area contributed by atoms with Gasteiger partial charge in [0.2, 0.25) is 0 Å². The van der Waals surface area contributed by atoms with Gasteiger partial charge in [-0.1, -0.05) is 31.4 Å². The standard InChI is InChI=1S/C17H23NO4/c19-15(20)10-9-12-5-4-8-14(11-12)18-17(22)16(21)13-6-2-1-3-7-13/h4-5,8,11,13,16,21H,1-3,6-7,9-10H2,(H,18,22)(H,19,20). The molecule has 0 radical (unpaired) electrons. The summed E-state index contributed by atoms with van der Waals surface area (Å²) in [6, 6.07) is 7.11. The van der Waals surface area contributed by atoms with E-state index in [0.717, 1.165) is 31.2 Å². The van der Waals surface area contributed by atoms with Crippen molar-refractivity contribution in [2.24, 2.45) is 5.92 Å². The number of hydrogen-bond donors (Lipinski definition) is 3. The van der Waals surface area contributed by atoms with E-state index in [-0.39, 0.29) is 18.2 Å². The van der Waals surface area contributed by atoms with E-state index >= 15 is 0 Å². The van der Waals surface area contributed by atoms with Crippen LogP contribution < -0.4 is 5.32 Å². The van der Waals surface area contributed by atoms with Crippen molar-refractivity contribution in [3.63, 3.8) is 0 Å². The highest BCUT2D eigenvalue weighted by Crippen LogP contribution is 2.27. The van der Waals surface area contributed by atoms with Gasteiger partial charge in [0.25, 0.3) is 5.91 Å². The number of hydrogen-bond acceptors (Lipinski definition) is 3. The predicted molar refractivity (Wildman–Crippen MR) is 83.6 cm³/mol. The van der Waals surface area contributed by atoms with Gasteiger partial charge in [0.15, 0.2) is 0 Å². The van der Waals surface area contributed by atoms with E-state index in [0.29, 0.717) is 12.1 Å². The first-order valence-corrected chi connectivity index (χ1v) is 7.86. The number of anilines is 1. The van der Waals surface area contributed by atoms with Gasteiger partial charge in [-0.2, -0.15) is 0 Å². The Morgan fingerprint density at radius 2 is 1.95 bits per heavy atom. The molecule has 3 N–H and O–H groups in total. The second-order valence-electron chi connectivity index (χ2n) is 5.93. The SMILES string of the molecule is O=C(O)CCc1cccc(NC(=O)C(O)C2CCCCC2)c1. The number of rotatable bonds is 6. The third kappa shape index (κ3) is 4.84. The van der Waals surface area contributed by atoms with Crippen molar-refractivity contribution in [2.75, 3.05) is 5.32 Å². The van der Waals surface area contributed by atoms with Crippen molar-refractivity contribution in [3.8, 4) is 0 Å². The summed E-state index contributed by atoms with van der Waals surface area (Å²) in [5.41, 5.74) is 1.45. The van der Waals surface area contributed by atoms with Crippen LogP contribution in [0.5, 0.6) is 0 Å². The van der Waals surface area contributed by atoms with Crippen LogP contribution in [-0.4, -0.2) is 28.2 Å². The molecular formula is C17H23NO4. The Labute approximate surface area is 130 Å².